The zero-order chi connectivity index (χ0) is 15.0. The molecule has 19 heavy (non-hydrogen) atoms. The highest BCUT2D eigenvalue weighted by Gasteiger charge is 2.06. The summed E-state index contributed by atoms with van der Waals surface area (Å²) in [6.07, 6.45) is 9.17. The minimum absolute atomic E-state index is 0.674. The molecule has 0 aliphatic heterocycles. The maximum Gasteiger partial charge on any atom is -0.0230 e. The Morgan fingerprint density at radius 3 is 2.11 bits per heavy atom. The van der Waals surface area contributed by atoms with Gasteiger partial charge in [0.1, 0.15) is 0 Å². The Kier molecular flexibility index (Phi) is 8.47. The number of allylic oxidation sites excluding steroid dienone is 7. The third-order valence-corrected chi connectivity index (χ3v) is 3.94. The molecule has 0 aliphatic rings. The van der Waals surface area contributed by atoms with Gasteiger partial charge in [-0.3, -0.25) is 0 Å². The first-order chi connectivity index (χ1) is 8.83. The molecule has 0 heteroatoms. The molecule has 0 radical (unpaired) electrons. The highest BCUT2D eigenvalue weighted by Crippen LogP contribution is 2.22. The van der Waals surface area contributed by atoms with Gasteiger partial charge in [0.2, 0.25) is 0 Å². The number of rotatable bonds is 7. The molecule has 0 spiro atoms. The Bertz CT molecular complexity index is 375. The zero-order valence-corrected chi connectivity index (χ0v) is 14.0. The van der Waals surface area contributed by atoms with Crippen LogP contribution < -0.4 is 0 Å². The molecule has 0 N–H and O–H groups in total. The van der Waals surface area contributed by atoms with Crippen LogP contribution in [0.4, 0.5) is 0 Å². The maximum atomic E-state index is 4.21. The molecule has 0 bridgehead atoms. The second-order valence-corrected chi connectivity index (χ2v) is 5.90. The lowest BCUT2D eigenvalue weighted by atomic mass is 9.92. The van der Waals surface area contributed by atoms with Gasteiger partial charge in [0.05, 0.1) is 0 Å². The van der Waals surface area contributed by atoms with E-state index in [1.165, 1.54) is 29.6 Å². The average Bonchev–Trinajstić information content (AvgIpc) is 2.39. The zero-order valence-electron chi connectivity index (χ0n) is 14.0. The molecule has 0 rings (SSSR count). The molecule has 0 saturated carbocycles. The Balaban J connectivity index is 4.85. The lowest BCUT2D eigenvalue weighted by Crippen LogP contribution is -2.00. The smallest absolute Gasteiger partial charge is 0.0230 e. The van der Waals surface area contributed by atoms with Crippen LogP contribution in [0, 0.1) is 11.8 Å². The summed E-state index contributed by atoms with van der Waals surface area (Å²) in [5.41, 5.74) is 5.11. The van der Waals surface area contributed by atoms with Gasteiger partial charge in [0.15, 0.2) is 0 Å². The van der Waals surface area contributed by atoms with Crippen LogP contribution in [0.15, 0.2) is 47.1 Å². The van der Waals surface area contributed by atoms with Crippen molar-refractivity contribution < 1.29 is 0 Å². The number of hydrogen-bond acceptors (Lipinski definition) is 0. The second kappa shape index (κ2) is 8.96. The van der Waals surface area contributed by atoms with E-state index in [1.54, 1.807) is 0 Å². The summed E-state index contributed by atoms with van der Waals surface area (Å²) in [6.45, 7) is 19.6. The summed E-state index contributed by atoms with van der Waals surface area (Å²) in [6, 6.07) is 0. The molecule has 0 nitrogen and oxygen atoms in total. The number of hydrogen-bond donors (Lipinski definition) is 0. The standard InChI is InChI=1S/C19H32/c1-9-15(5)17(7)18(8)16(6)11-12-19(10-2)13-14(3)4/h9,11-12,14,19H,6,10,13H2,1-5,7-8H3. The van der Waals surface area contributed by atoms with Crippen LogP contribution in [-0.4, -0.2) is 0 Å². The van der Waals surface area contributed by atoms with Crippen molar-refractivity contribution in [2.75, 3.05) is 0 Å². The van der Waals surface area contributed by atoms with Crippen LogP contribution in [0.1, 0.15) is 61.3 Å². The Morgan fingerprint density at radius 1 is 1.11 bits per heavy atom. The molecule has 0 amide bonds. The van der Waals surface area contributed by atoms with Crippen LogP contribution in [0.3, 0.4) is 0 Å². The van der Waals surface area contributed by atoms with E-state index in [4.69, 9.17) is 0 Å². The summed E-state index contributed by atoms with van der Waals surface area (Å²) in [5.74, 6) is 1.43. The van der Waals surface area contributed by atoms with E-state index in [1.807, 2.05) is 0 Å². The van der Waals surface area contributed by atoms with Gasteiger partial charge in [0, 0.05) is 0 Å². The van der Waals surface area contributed by atoms with E-state index in [0.29, 0.717) is 5.92 Å². The monoisotopic (exact) mass is 260 g/mol. The molecular formula is C19H32. The van der Waals surface area contributed by atoms with Gasteiger partial charge in [-0.25, -0.2) is 0 Å². The van der Waals surface area contributed by atoms with Crippen LogP contribution in [0.25, 0.3) is 0 Å². The first kappa shape index (κ1) is 18.0. The predicted molar refractivity (Wildman–Crippen MR) is 89.3 cm³/mol. The Hall–Kier alpha value is -1.04. The molecule has 0 heterocycles. The van der Waals surface area contributed by atoms with E-state index in [-0.39, 0.29) is 0 Å². The van der Waals surface area contributed by atoms with Crippen molar-refractivity contribution in [2.45, 2.75) is 61.3 Å². The quantitative estimate of drug-likeness (QED) is 0.460. The third kappa shape index (κ3) is 6.61. The SMILES string of the molecule is C=C(C=CC(CC)CC(C)C)C(C)=C(C)C(C)=CC. The summed E-state index contributed by atoms with van der Waals surface area (Å²) in [7, 11) is 0. The fraction of sp³-hybridized carbons (Fsp3) is 0.579. The van der Waals surface area contributed by atoms with E-state index < -0.39 is 0 Å². The van der Waals surface area contributed by atoms with Gasteiger partial charge >= 0.3 is 0 Å². The molecule has 1 unspecified atom stereocenters. The fourth-order valence-corrected chi connectivity index (χ4v) is 2.12. The van der Waals surface area contributed by atoms with Gasteiger partial charge in [0.25, 0.3) is 0 Å². The van der Waals surface area contributed by atoms with Gasteiger partial charge in [-0.2, -0.15) is 0 Å². The minimum Gasteiger partial charge on any atom is -0.0915 e. The molecular weight excluding hydrogens is 228 g/mol. The normalized spacial score (nSPS) is 15.9. The van der Waals surface area contributed by atoms with Gasteiger partial charge in [-0.15, -0.1) is 0 Å². The highest BCUT2D eigenvalue weighted by atomic mass is 14.1. The van der Waals surface area contributed by atoms with E-state index >= 15 is 0 Å². The minimum atomic E-state index is 0.674. The molecule has 0 saturated heterocycles. The molecule has 0 aromatic carbocycles. The lowest BCUT2D eigenvalue weighted by Gasteiger charge is -2.13. The molecule has 108 valence electrons. The largest absolute Gasteiger partial charge is 0.0915 e. The van der Waals surface area contributed by atoms with Crippen molar-refractivity contribution in [1.29, 1.82) is 0 Å². The van der Waals surface area contributed by atoms with Crippen molar-refractivity contribution in [3.05, 3.63) is 47.1 Å². The maximum absolute atomic E-state index is 4.21. The Morgan fingerprint density at radius 2 is 1.68 bits per heavy atom. The average molecular weight is 260 g/mol. The first-order valence-corrected chi connectivity index (χ1v) is 7.51. The first-order valence-electron chi connectivity index (χ1n) is 7.51. The van der Waals surface area contributed by atoms with Crippen LogP contribution in [0.2, 0.25) is 0 Å². The van der Waals surface area contributed by atoms with Crippen molar-refractivity contribution in [3.8, 4) is 0 Å². The summed E-state index contributed by atoms with van der Waals surface area (Å²) < 4.78 is 0. The van der Waals surface area contributed by atoms with E-state index in [9.17, 15) is 0 Å². The molecule has 0 aromatic heterocycles. The van der Waals surface area contributed by atoms with Crippen molar-refractivity contribution >= 4 is 0 Å². The molecule has 0 fully saturated rings. The second-order valence-electron chi connectivity index (χ2n) is 5.90. The predicted octanol–water partition coefficient (Wildman–Crippen LogP) is 6.47. The van der Waals surface area contributed by atoms with Crippen LogP contribution in [-0.2, 0) is 0 Å². The highest BCUT2D eigenvalue weighted by molar-refractivity contribution is 5.45. The van der Waals surface area contributed by atoms with Gasteiger partial charge in [-0.05, 0) is 69.1 Å². The van der Waals surface area contributed by atoms with Crippen molar-refractivity contribution in [3.63, 3.8) is 0 Å². The van der Waals surface area contributed by atoms with Crippen LogP contribution in [0.5, 0.6) is 0 Å². The fourth-order valence-electron chi connectivity index (χ4n) is 2.12. The summed E-state index contributed by atoms with van der Waals surface area (Å²) in [5, 5.41) is 0. The third-order valence-electron chi connectivity index (χ3n) is 3.94. The van der Waals surface area contributed by atoms with Crippen molar-refractivity contribution in [2.24, 2.45) is 11.8 Å². The lowest BCUT2D eigenvalue weighted by molar-refractivity contribution is 0.465. The van der Waals surface area contributed by atoms with E-state index in [0.717, 1.165) is 11.5 Å². The van der Waals surface area contributed by atoms with Crippen molar-refractivity contribution in [1.82, 2.24) is 0 Å². The topological polar surface area (TPSA) is 0 Å². The van der Waals surface area contributed by atoms with E-state index in [2.05, 4.69) is 73.3 Å². The summed E-state index contributed by atoms with van der Waals surface area (Å²) in [4.78, 5) is 0. The molecule has 0 aromatic rings. The van der Waals surface area contributed by atoms with Crippen LogP contribution >= 0.6 is 0 Å². The summed E-state index contributed by atoms with van der Waals surface area (Å²) >= 11 is 0. The molecule has 1 atom stereocenters. The van der Waals surface area contributed by atoms with Gasteiger partial charge < -0.3 is 0 Å². The Labute approximate surface area is 121 Å². The van der Waals surface area contributed by atoms with Gasteiger partial charge in [-0.1, -0.05) is 51.2 Å². The molecule has 0 aliphatic carbocycles.